The lowest BCUT2D eigenvalue weighted by Gasteiger charge is -2.25. The molecule has 1 atom stereocenters. The lowest BCUT2D eigenvalue weighted by Crippen LogP contribution is -2.34. The van der Waals surface area contributed by atoms with Gasteiger partial charge in [-0.15, -0.1) is 0 Å². The first-order chi connectivity index (χ1) is 12.0. The van der Waals surface area contributed by atoms with Gasteiger partial charge in [0.2, 0.25) is 0 Å². The second-order valence-corrected chi connectivity index (χ2v) is 6.41. The molecule has 0 saturated carbocycles. The van der Waals surface area contributed by atoms with Crippen molar-refractivity contribution in [3.63, 3.8) is 0 Å². The molecule has 0 bridgehead atoms. The third kappa shape index (κ3) is 5.80. The number of likely N-dealkylation sites (N-methyl/N-ethyl adjacent to an activating group) is 1. The first-order valence-corrected chi connectivity index (χ1v) is 8.35. The summed E-state index contributed by atoms with van der Waals surface area (Å²) in [6.07, 6.45) is -0.402. The second-order valence-electron chi connectivity index (χ2n) is 6.41. The first kappa shape index (κ1) is 18.8. The van der Waals surface area contributed by atoms with E-state index in [1.165, 1.54) is 0 Å². The van der Waals surface area contributed by atoms with Crippen LogP contribution in [0.5, 0.6) is 0 Å². The summed E-state index contributed by atoms with van der Waals surface area (Å²) in [6, 6.07) is 18.1. The highest BCUT2D eigenvalue weighted by molar-refractivity contribution is 5.67. The van der Waals surface area contributed by atoms with E-state index in [2.05, 4.69) is 39.4 Å². The Morgan fingerprint density at radius 1 is 1.00 bits per heavy atom. The number of hydrogen-bond donors (Lipinski definition) is 1. The van der Waals surface area contributed by atoms with Crippen LogP contribution in [-0.2, 0) is 11.3 Å². The molecule has 5 heteroatoms. The molecule has 0 fully saturated rings. The molecule has 0 aliphatic carbocycles. The van der Waals surface area contributed by atoms with E-state index < -0.39 is 6.09 Å². The number of carbonyl (C=O) groups is 1. The Morgan fingerprint density at radius 3 is 2.20 bits per heavy atom. The van der Waals surface area contributed by atoms with E-state index in [0.29, 0.717) is 6.54 Å². The maximum absolute atomic E-state index is 12.0. The number of benzene rings is 2. The average Bonchev–Trinajstić information content (AvgIpc) is 2.61. The Kier molecular flexibility index (Phi) is 6.83. The predicted octanol–water partition coefficient (Wildman–Crippen LogP) is 3.28. The number of rotatable bonds is 7. The van der Waals surface area contributed by atoms with Crippen LogP contribution in [0.2, 0.25) is 0 Å². The molecule has 0 aliphatic heterocycles. The molecule has 134 valence electrons. The molecule has 0 radical (unpaired) electrons. The third-order valence-corrected chi connectivity index (χ3v) is 4.07. The van der Waals surface area contributed by atoms with Crippen molar-refractivity contribution >= 4 is 11.8 Å². The van der Waals surface area contributed by atoms with Crippen molar-refractivity contribution in [2.45, 2.75) is 12.6 Å². The van der Waals surface area contributed by atoms with Crippen molar-refractivity contribution in [1.82, 2.24) is 10.2 Å². The summed E-state index contributed by atoms with van der Waals surface area (Å²) in [5.41, 5.74) is 3.27. The van der Waals surface area contributed by atoms with Crippen LogP contribution in [0.15, 0.2) is 54.6 Å². The van der Waals surface area contributed by atoms with E-state index in [1.807, 2.05) is 58.5 Å². The average molecular weight is 341 g/mol. The Bertz CT molecular complexity index is 654. The lowest BCUT2D eigenvalue weighted by molar-refractivity contribution is 0.136. The maximum Gasteiger partial charge on any atom is 0.407 e. The summed E-state index contributed by atoms with van der Waals surface area (Å²) >= 11 is 0. The third-order valence-electron chi connectivity index (χ3n) is 4.07. The highest BCUT2D eigenvalue weighted by Crippen LogP contribution is 2.21. The highest BCUT2D eigenvalue weighted by Gasteiger charge is 2.16. The van der Waals surface area contributed by atoms with Crippen LogP contribution in [-0.4, -0.2) is 45.7 Å². The van der Waals surface area contributed by atoms with Crippen LogP contribution in [0.3, 0.4) is 0 Å². The van der Waals surface area contributed by atoms with Crippen LogP contribution in [0, 0.1) is 0 Å². The van der Waals surface area contributed by atoms with Crippen molar-refractivity contribution in [3.8, 4) is 0 Å². The van der Waals surface area contributed by atoms with Gasteiger partial charge in [0.1, 0.15) is 6.61 Å². The summed E-state index contributed by atoms with van der Waals surface area (Å²) in [6.45, 7) is 0.763. The molecular weight excluding hydrogens is 314 g/mol. The Labute approximate surface area is 150 Å². The normalized spacial score (nSPS) is 11.9. The number of nitrogens with one attached hydrogen (secondary N) is 1. The highest BCUT2D eigenvalue weighted by atomic mass is 16.5. The minimum Gasteiger partial charge on any atom is -0.445 e. The van der Waals surface area contributed by atoms with Gasteiger partial charge in [-0.05, 0) is 37.4 Å². The Morgan fingerprint density at radius 2 is 1.64 bits per heavy atom. The minimum absolute atomic E-state index is 0.0838. The Hall–Kier alpha value is -2.53. The van der Waals surface area contributed by atoms with Gasteiger partial charge in [-0.2, -0.15) is 0 Å². The predicted molar refractivity (Wildman–Crippen MR) is 102 cm³/mol. The van der Waals surface area contributed by atoms with E-state index in [1.54, 1.807) is 0 Å². The Balaban J connectivity index is 1.89. The van der Waals surface area contributed by atoms with Crippen LogP contribution in [0.4, 0.5) is 10.5 Å². The van der Waals surface area contributed by atoms with Gasteiger partial charge in [-0.3, -0.25) is 0 Å². The van der Waals surface area contributed by atoms with Gasteiger partial charge in [0.05, 0.1) is 6.04 Å². The van der Waals surface area contributed by atoms with Crippen LogP contribution >= 0.6 is 0 Å². The molecule has 2 aromatic carbocycles. The van der Waals surface area contributed by atoms with Crippen LogP contribution in [0.1, 0.15) is 17.2 Å². The van der Waals surface area contributed by atoms with Crippen molar-refractivity contribution in [2.75, 3.05) is 39.6 Å². The van der Waals surface area contributed by atoms with Gasteiger partial charge in [-0.25, -0.2) is 4.79 Å². The van der Waals surface area contributed by atoms with Gasteiger partial charge in [0.15, 0.2) is 0 Å². The maximum atomic E-state index is 12.0. The number of hydrogen-bond acceptors (Lipinski definition) is 4. The summed E-state index contributed by atoms with van der Waals surface area (Å²) < 4.78 is 5.27. The van der Waals surface area contributed by atoms with Crippen molar-refractivity contribution in [2.24, 2.45) is 0 Å². The summed E-state index contributed by atoms with van der Waals surface area (Å²) in [5.74, 6) is 0. The van der Waals surface area contributed by atoms with Gasteiger partial charge >= 0.3 is 6.09 Å². The zero-order valence-electron chi connectivity index (χ0n) is 15.4. The summed E-state index contributed by atoms with van der Waals surface area (Å²) in [5, 5.41) is 2.86. The molecule has 5 nitrogen and oxygen atoms in total. The second kappa shape index (κ2) is 9.08. The smallest absolute Gasteiger partial charge is 0.407 e. The van der Waals surface area contributed by atoms with E-state index in [0.717, 1.165) is 16.8 Å². The molecule has 0 unspecified atom stereocenters. The van der Waals surface area contributed by atoms with Crippen LogP contribution < -0.4 is 10.2 Å². The molecule has 0 aliphatic rings. The minimum atomic E-state index is -0.402. The van der Waals surface area contributed by atoms with Crippen molar-refractivity contribution in [3.05, 3.63) is 65.7 Å². The van der Waals surface area contributed by atoms with Crippen LogP contribution in [0.25, 0.3) is 0 Å². The SMILES string of the molecule is CN(C)c1ccc([C@@H](CNC(=O)OCc2ccccc2)N(C)C)cc1. The number of nitrogens with zero attached hydrogens (tertiary/aromatic N) is 2. The molecule has 1 amide bonds. The molecule has 1 N–H and O–H groups in total. The van der Waals surface area contributed by atoms with E-state index >= 15 is 0 Å². The van der Waals surface area contributed by atoms with Gasteiger partial charge in [0, 0.05) is 26.3 Å². The van der Waals surface area contributed by atoms with E-state index in [-0.39, 0.29) is 12.6 Å². The lowest BCUT2D eigenvalue weighted by atomic mass is 10.1. The summed E-state index contributed by atoms with van der Waals surface area (Å²) in [4.78, 5) is 16.1. The number of amides is 1. The number of carbonyl (C=O) groups excluding carboxylic acids is 1. The summed E-state index contributed by atoms with van der Waals surface area (Å²) in [7, 11) is 8.04. The first-order valence-electron chi connectivity index (χ1n) is 8.35. The molecule has 0 saturated heterocycles. The molecule has 25 heavy (non-hydrogen) atoms. The quantitative estimate of drug-likeness (QED) is 0.839. The molecule has 0 spiro atoms. The number of ether oxygens (including phenoxy) is 1. The number of anilines is 1. The van der Waals surface area contributed by atoms with Crippen molar-refractivity contribution in [1.29, 1.82) is 0 Å². The largest absolute Gasteiger partial charge is 0.445 e. The topological polar surface area (TPSA) is 44.8 Å². The standard InChI is InChI=1S/C20H27N3O2/c1-22(2)18-12-10-17(11-13-18)19(23(3)4)14-21-20(24)25-15-16-8-6-5-7-9-16/h5-13,19H,14-15H2,1-4H3,(H,21,24)/t19-/m1/s1. The fourth-order valence-electron chi connectivity index (χ4n) is 2.55. The van der Waals surface area contributed by atoms with Gasteiger partial charge in [0.25, 0.3) is 0 Å². The molecule has 2 aromatic rings. The molecular formula is C20H27N3O2. The van der Waals surface area contributed by atoms with E-state index in [9.17, 15) is 4.79 Å². The zero-order chi connectivity index (χ0) is 18.2. The van der Waals surface area contributed by atoms with Crippen molar-refractivity contribution < 1.29 is 9.53 Å². The number of alkyl carbamates (subject to hydrolysis) is 1. The van der Waals surface area contributed by atoms with E-state index in [4.69, 9.17) is 4.74 Å². The van der Waals surface area contributed by atoms with Gasteiger partial charge < -0.3 is 19.9 Å². The molecule has 2 rings (SSSR count). The molecule has 0 heterocycles. The fraction of sp³-hybridized carbons (Fsp3) is 0.350. The van der Waals surface area contributed by atoms with Gasteiger partial charge in [-0.1, -0.05) is 42.5 Å². The monoisotopic (exact) mass is 341 g/mol. The molecule has 0 aromatic heterocycles. The fourth-order valence-corrected chi connectivity index (χ4v) is 2.55. The zero-order valence-corrected chi connectivity index (χ0v) is 15.4.